The summed E-state index contributed by atoms with van der Waals surface area (Å²) in [6, 6.07) is 14.6. The maximum absolute atomic E-state index is 15.2. The topological polar surface area (TPSA) is 71.2 Å². The van der Waals surface area contributed by atoms with Crippen molar-refractivity contribution in [3.05, 3.63) is 66.9 Å². The van der Waals surface area contributed by atoms with Crippen LogP contribution < -0.4 is 10.6 Å². The fourth-order valence-corrected chi connectivity index (χ4v) is 3.95. The zero-order valence-corrected chi connectivity index (χ0v) is 16.8. The Labute approximate surface area is 184 Å². The van der Waals surface area contributed by atoms with Crippen LogP contribution in [0.15, 0.2) is 61.1 Å². The predicted octanol–water partition coefficient (Wildman–Crippen LogP) is 3.83. The number of piperazine rings is 1. The summed E-state index contributed by atoms with van der Waals surface area (Å²) >= 11 is 0. The first-order valence-electron chi connectivity index (χ1n) is 11.6. The molecule has 2 aromatic carbocycles. The van der Waals surface area contributed by atoms with Crippen molar-refractivity contribution < 1.29 is 8.50 Å². The number of nitrogen functional groups attached to an aromatic ring is 1. The predicted molar refractivity (Wildman–Crippen MR) is 122 cm³/mol. The van der Waals surface area contributed by atoms with Gasteiger partial charge >= 0.3 is 0 Å². The van der Waals surface area contributed by atoms with Gasteiger partial charge in [-0.15, -0.1) is 0 Å². The van der Waals surface area contributed by atoms with Crippen molar-refractivity contribution in [2.45, 2.75) is 0 Å². The van der Waals surface area contributed by atoms with Crippen LogP contribution >= 0.6 is 0 Å². The van der Waals surface area contributed by atoms with E-state index in [0.717, 1.165) is 22.0 Å². The first-order chi connectivity index (χ1) is 16.3. The van der Waals surface area contributed by atoms with E-state index < -0.39 is 6.98 Å². The van der Waals surface area contributed by atoms with E-state index in [-0.39, 0.29) is 5.82 Å². The van der Waals surface area contributed by atoms with Crippen LogP contribution in [0.25, 0.3) is 33.3 Å². The summed E-state index contributed by atoms with van der Waals surface area (Å²) in [6.07, 6.45) is 3.13. The monoisotopic (exact) mass is 417 g/mol. The van der Waals surface area contributed by atoms with Crippen molar-refractivity contribution in [2.24, 2.45) is 0 Å². The number of anilines is 2. The second-order valence-corrected chi connectivity index (χ2v) is 7.56. The summed E-state index contributed by atoms with van der Waals surface area (Å²) in [4.78, 5) is 16.2. The van der Waals surface area contributed by atoms with Gasteiger partial charge in [0.25, 0.3) is 0 Å². The summed E-state index contributed by atoms with van der Waals surface area (Å²) in [5, 5.41) is 0.800. The standard InChI is InChI=1S/C24H23FN6/c1-30-8-10-31(11-9-30)22-5-3-18(13-20(22)25)24-19-12-16(2-4-21(19)28-15-29-24)17-6-7-27-23(26)14-17/h2-7,12-15H,8-11H2,1H3,(H2,26,27)/i1D3. The Bertz CT molecular complexity index is 1350. The van der Waals surface area contributed by atoms with Crippen LogP contribution in [0.1, 0.15) is 4.11 Å². The van der Waals surface area contributed by atoms with Gasteiger partial charge < -0.3 is 15.5 Å². The van der Waals surface area contributed by atoms with Crippen molar-refractivity contribution in [3.8, 4) is 22.4 Å². The molecule has 31 heavy (non-hydrogen) atoms. The van der Waals surface area contributed by atoms with Gasteiger partial charge in [0.2, 0.25) is 0 Å². The Morgan fingerprint density at radius 2 is 1.71 bits per heavy atom. The average Bonchev–Trinajstić information content (AvgIpc) is 2.83. The van der Waals surface area contributed by atoms with Gasteiger partial charge in [0, 0.05) is 47.4 Å². The molecule has 6 nitrogen and oxygen atoms in total. The van der Waals surface area contributed by atoms with Gasteiger partial charge in [-0.05, 0) is 54.5 Å². The molecule has 0 amide bonds. The molecule has 0 aliphatic carbocycles. The summed E-state index contributed by atoms with van der Waals surface area (Å²) in [5.41, 5.74) is 10.2. The molecule has 0 unspecified atom stereocenters. The fraction of sp³-hybridized carbons (Fsp3) is 0.208. The van der Waals surface area contributed by atoms with Crippen LogP contribution in [-0.2, 0) is 0 Å². The van der Waals surface area contributed by atoms with Crippen LogP contribution in [0.5, 0.6) is 0 Å². The van der Waals surface area contributed by atoms with Gasteiger partial charge in [0.15, 0.2) is 0 Å². The molecule has 0 spiro atoms. The minimum atomic E-state index is -2.12. The smallest absolute Gasteiger partial charge is 0.147 e. The molecule has 5 rings (SSSR count). The first kappa shape index (κ1) is 16.2. The molecule has 2 N–H and O–H groups in total. The molecule has 1 aliphatic rings. The van der Waals surface area contributed by atoms with Crippen LogP contribution in [-0.4, -0.2) is 53.0 Å². The van der Waals surface area contributed by atoms with Crippen molar-refractivity contribution in [2.75, 3.05) is 43.8 Å². The van der Waals surface area contributed by atoms with E-state index in [9.17, 15) is 0 Å². The molecule has 4 aromatic rings. The molecule has 0 saturated carbocycles. The zero-order valence-electron chi connectivity index (χ0n) is 19.8. The number of hydrogen-bond donors (Lipinski definition) is 1. The normalized spacial score (nSPS) is 16.7. The largest absolute Gasteiger partial charge is 0.384 e. The van der Waals surface area contributed by atoms with Crippen LogP contribution in [0.2, 0.25) is 0 Å². The van der Waals surface area contributed by atoms with Crippen molar-refractivity contribution >= 4 is 22.4 Å². The van der Waals surface area contributed by atoms with E-state index >= 15 is 4.39 Å². The lowest BCUT2D eigenvalue weighted by Gasteiger charge is -2.34. The van der Waals surface area contributed by atoms with Gasteiger partial charge in [-0.25, -0.2) is 19.3 Å². The third kappa shape index (κ3) is 3.80. The quantitative estimate of drug-likeness (QED) is 0.546. The van der Waals surface area contributed by atoms with Gasteiger partial charge in [0.1, 0.15) is 18.0 Å². The van der Waals surface area contributed by atoms with E-state index in [0.29, 0.717) is 48.9 Å². The maximum Gasteiger partial charge on any atom is 0.147 e. The van der Waals surface area contributed by atoms with Gasteiger partial charge in [-0.2, -0.15) is 0 Å². The average molecular weight is 418 g/mol. The summed E-state index contributed by atoms with van der Waals surface area (Å²) in [5.74, 6) is 0.0594. The van der Waals surface area contributed by atoms with E-state index in [1.165, 1.54) is 17.3 Å². The van der Waals surface area contributed by atoms with Gasteiger partial charge in [-0.1, -0.05) is 12.1 Å². The van der Waals surface area contributed by atoms with Crippen molar-refractivity contribution in [1.82, 2.24) is 19.9 Å². The molecule has 0 bridgehead atoms. The number of aromatic nitrogens is 3. The summed E-state index contributed by atoms with van der Waals surface area (Å²) < 4.78 is 37.9. The van der Waals surface area contributed by atoms with E-state index in [1.54, 1.807) is 18.3 Å². The highest BCUT2D eigenvalue weighted by atomic mass is 19.1. The number of rotatable bonds is 3. The van der Waals surface area contributed by atoms with Crippen LogP contribution in [0.3, 0.4) is 0 Å². The van der Waals surface area contributed by atoms with Crippen molar-refractivity contribution in [1.29, 1.82) is 0 Å². The fourth-order valence-electron chi connectivity index (χ4n) is 3.95. The number of hydrogen-bond acceptors (Lipinski definition) is 6. The number of benzene rings is 2. The van der Waals surface area contributed by atoms with Gasteiger partial charge in [-0.3, -0.25) is 0 Å². The van der Waals surface area contributed by atoms with Crippen LogP contribution in [0.4, 0.5) is 15.9 Å². The molecule has 1 saturated heterocycles. The molecule has 0 radical (unpaired) electrons. The molecular weight excluding hydrogens is 391 g/mol. The van der Waals surface area contributed by atoms with E-state index in [2.05, 4.69) is 15.0 Å². The minimum absolute atomic E-state index is 0.358. The number of fused-ring (bicyclic) bond motifs is 1. The second kappa shape index (κ2) is 7.92. The molecule has 156 valence electrons. The molecule has 1 aliphatic heterocycles. The van der Waals surface area contributed by atoms with Crippen molar-refractivity contribution in [3.63, 3.8) is 0 Å². The number of pyridine rings is 1. The molecule has 7 heteroatoms. The lowest BCUT2D eigenvalue weighted by molar-refractivity contribution is 0.311. The Morgan fingerprint density at radius 1 is 0.903 bits per heavy atom. The molecule has 3 heterocycles. The molecular formula is C24H23FN6. The Kier molecular flexibility index (Phi) is 4.13. The highest BCUT2D eigenvalue weighted by Gasteiger charge is 2.18. The molecule has 1 fully saturated rings. The summed E-state index contributed by atoms with van der Waals surface area (Å²) in [7, 11) is 0. The Morgan fingerprint density at radius 3 is 2.48 bits per heavy atom. The zero-order chi connectivity index (χ0) is 23.9. The molecule has 0 atom stereocenters. The SMILES string of the molecule is [2H]C([2H])([2H])N1CCN(c2ccc(-c3ncnc4ccc(-c5ccnc(N)c5)cc34)cc2F)CC1. The minimum Gasteiger partial charge on any atom is -0.384 e. The number of halogens is 1. The number of nitrogens with zero attached hydrogens (tertiary/aromatic N) is 5. The Balaban J connectivity index is 1.47. The van der Waals surface area contributed by atoms with Crippen LogP contribution in [0, 0.1) is 5.82 Å². The summed E-state index contributed by atoms with van der Waals surface area (Å²) in [6.45, 7) is -0.510. The van der Waals surface area contributed by atoms with E-state index in [1.807, 2.05) is 35.2 Å². The lowest BCUT2D eigenvalue weighted by Crippen LogP contribution is -2.44. The third-order valence-electron chi connectivity index (χ3n) is 5.59. The maximum atomic E-state index is 15.2. The van der Waals surface area contributed by atoms with Gasteiger partial charge in [0.05, 0.1) is 16.9 Å². The lowest BCUT2D eigenvalue weighted by atomic mass is 10.0. The molecule has 2 aromatic heterocycles. The first-order valence-corrected chi connectivity index (χ1v) is 10.1. The second-order valence-electron chi connectivity index (χ2n) is 7.56. The highest BCUT2D eigenvalue weighted by Crippen LogP contribution is 2.32. The number of likely N-dealkylation sites (N-methyl/N-ethyl adjacent to an activating group) is 1. The number of nitrogens with two attached hydrogens (primary N) is 1. The third-order valence-corrected chi connectivity index (χ3v) is 5.59. The highest BCUT2D eigenvalue weighted by molar-refractivity contribution is 5.95. The van der Waals surface area contributed by atoms with E-state index in [4.69, 9.17) is 9.85 Å². The Hall–Kier alpha value is -3.58.